The van der Waals surface area contributed by atoms with Crippen LogP contribution in [-0.4, -0.2) is 87.2 Å². The third-order valence-corrected chi connectivity index (χ3v) is 11.1. The average molecular weight is 884 g/mol. The van der Waals surface area contributed by atoms with E-state index in [0.29, 0.717) is 73.4 Å². The van der Waals surface area contributed by atoms with Crippen LogP contribution in [0.1, 0.15) is 57.4 Å². The first-order valence-electron chi connectivity index (χ1n) is 19.4. The zero-order valence-corrected chi connectivity index (χ0v) is 34.9. The lowest BCUT2D eigenvalue weighted by atomic mass is 9.99. The van der Waals surface area contributed by atoms with Crippen molar-refractivity contribution >= 4 is 67.6 Å². The third-order valence-electron chi connectivity index (χ3n) is 10.3. The van der Waals surface area contributed by atoms with Gasteiger partial charge in [-0.25, -0.2) is 9.67 Å². The minimum Gasteiger partial charge on any atom is -0.382 e. The molecule has 0 bridgehead atoms. The predicted molar refractivity (Wildman–Crippen MR) is 226 cm³/mol. The maximum absolute atomic E-state index is 13.1. The quantitative estimate of drug-likeness (QED) is 0.0916. The zero-order valence-electron chi connectivity index (χ0n) is 32.6. The number of halogens is 2. The van der Waals surface area contributed by atoms with Crippen molar-refractivity contribution < 1.29 is 28.7 Å². The second-order valence-electron chi connectivity index (χ2n) is 14.5. The van der Waals surface area contributed by atoms with Crippen molar-refractivity contribution in [1.29, 1.82) is 0 Å². The van der Waals surface area contributed by atoms with Crippen molar-refractivity contribution in [3.8, 4) is 5.82 Å². The number of hydrogen-bond donors (Lipinski definition) is 3. The Labute approximate surface area is 354 Å². The van der Waals surface area contributed by atoms with Gasteiger partial charge in [-0.05, 0) is 66.4 Å². The van der Waals surface area contributed by atoms with Crippen molar-refractivity contribution in [2.75, 3.05) is 38.3 Å². The number of amides is 3. The molecule has 7 rings (SSSR count). The lowest BCUT2D eigenvalue weighted by molar-refractivity contribution is -0.123. The number of pyridine rings is 2. The number of ketones is 1. The number of aryl methyl sites for hydroxylation is 1. The first-order chi connectivity index (χ1) is 28.5. The smallest absolute Gasteiger partial charge is 0.255 e. The van der Waals surface area contributed by atoms with Crippen LogP contribution in [0, 0.1) is 6.92 Å². The van der Waals surface area contributed by atoms with E-state index in [1.807, 2.05) is 43.3 Å². The molecule has 0 aliphatic carbocycles. The SMILES string of the molecule is C=C1NC(=O)CCC1N1Cc2c(NCCOCCOCCC(=O)NCc3cnn(-c4ncc(CC(=O)Cc5cnc6ccc(Br)cc6c5C)cc4Cl)c3)cccc2C1=O. The van der Waals surface area contributed by atoms with Gasteiger partial charge in [0, 0.05) is 102 Å². The Morgan fingerprint density at radius 3 is 2.66 bits per heavy atom. The second-order valence-corrected chi connectivity index (χ2v) is 15.8. The van der Waals surface area contributed by atoms with Crippen LogP contribution in [-0.2, 0) is 49.8 Å². The van der Waals surface area contributed by atoms with Crippen LogP contribution in [0.25, 0.3) is 16.7 Å². The molecule has 5 aromatic rings. The number of benzene rings is 2. The summed E-state index contributed by atoms with van der Waals surface area (Å²) in [6, 6.07) is 13.0. The molecule has 1 atom stereocenters. The molecule has 59 heavy (non-hydrogen) atoms. The zero-order chi connectivity index (χ0) is 41.5. The molecular formula is C43H44BrClN8O6. The van der Waals surface area contributed by atoms with Crippen molar-refractivity contribution in [3.05, 3.63) is 122 Å². The van der Waals surface area contributed by atoms with Crippen LogP contribution in [0.15, 0.2) is 84.0 Å². The number of aromatic nitrogens is 4. The summed E-state index contributed by atoms with van der Waals surface area (Å²) in [6.07, 6.45) is 8.30. The van der Waals surface area contributed by atoms with E-state index in [2.05, 4.69) is 53.5 Å². The molecule has 2 aliphatic heterocycles. The Morgan fingerprint density at radius 1 is 1.02 bits per heavy atom. The van der Waals surface area contributed by atoms with Crippen molar-refractivity contribution in [3.63, 3.8) is 0 Å². The Bertz CT molecular complexity index is 2420. The molecule has 0 radical (unpaired) electrons. The first kappa shape index (κ1) is 41.7. The van der Waals surface area contributed by atoms with E-state index < -0.39 is 0 Å². The van der Waals surface area contributed by atoms with Crippen LogP contribution in [0.5, 0.6) is 0 Å². The van der Waals surface area contributed by atoms with Gasteiger partial charge in [-0.15, -0.1) is 0 Å². The highest BCUT2D eigenvalue weighted by Crippen LogP contribution is 2.33. The number of carbonyl (C=O) groups is 4. The van der Waals surface area contributed by atoms with Crippen LogP contribution < -0.4 is 16.0 Å². The molecule has 0 spiro atoms. The lowest BCUT2D eigenvalue weighted by Crippen LogP contribution is -2.45. The van der Waals surface area contributed by atoms with Crippen LogP contribution >= 0.6 is 27.5 Å². The number of nitrogens with one attached hydrogen (secondary N) is 3. The third kappa shape index (κ3) is 10.2. The number of carbonyl (C=O) groups excluding carboxylic acids is 4. The molecule has 0 saturated carbocycles. The Hall–Kier alpha value is -5.48. The van der Waals surface area contributed by atoms with E-state index in [1.54, 1.807) is 35.8 Å². The normalized spacial score (nSPS) is 15.1. The number of rotatable bonds is 18. The number of fused-ring (bicyclic) bond motifs is 2. The van der Waals surface area contributed by atoms with Gasteiger partial charge >= 0.3 is 0 Å². The van der Waals surface area contributed by atoms with Crippen LogP contribution in [0.3, 0.4) is 0 Å². The molecule has 16 heteroatoms. The number of Topliss-reactive ketones (excluding diaryl/α,β-unsaturated/α-hetero) is 1. The van der Waals surface area contributed by atoms with E-state index in [4.69, 9.17) is 21.1 Å². The molecule has 1 fully saturated rings. The molecule has 1 unspecified atom stereocenters. The van der Waals surface area contributed by atoms with Gasteiger partial charge in [0.2, 0.25) is 11.8 Å². The van der Waals surface area contributed by atoms with E-state index in [0.717, 1.165) is 43.3 Å². The van der Waals surface area contributed by atoms with E-state index in [9.17, 15) is 19.2 Å². The number of nitrogens with zero attached hydrogens (tertiary/aromatic N) is 5. The maximum atomic E-state index is 13.1. The largest absolute Gasteiger partial charge is 0.382 e. The molecule has 3 aromatic heterocycles. The van der Waals surface area contributed by atoms with Crippen LogP contribution in [0.4, 0.5) is 5.69 Å². The molecule has 2 aliphatic rings. The Kier molecular flexibility index (Phi) is 13.5. The first-order valence-corrected chi connectivity index (χ1v) is 20.5. The summed E-state index contributed by atoms with van der Waals surface area (Å²) >= 11 is 10.1. The molecule has 3 N–H and O–H groups in total. The minimum atomic E-state index is -0.222. The molecular weight excluding hydrogens is 840 g/mol. The predicted octanol–water partition coefficient (Wildman–Crippen LogP) is 5.79. The van der Waals surface area contributed by atoms with E-state index >= 15 is 0 Å². The highest BCUT2D eigenvalue weighted by molar-refractivity contribution is 9.10. The topological polar surface area (TPSA) is 170 Å². The fourth-order valence-corrected chi connectivity index (χ4v) is 7.88. The molecule has 5 heterocycles. The fourth-order valence-electron chi connectivity index (χ4n) is 7.24. The number of ether oxygens (including phenoxy) is 2. The maximum Gasteiger partial charge on any atom is 0.255 e. The van der Waals surface area contributed by atoms with Gasteiger partial charge in [0.25, 0.3) is 5.91 Å². The van der Waals surface area contributed by atoms with Gasteiger partial charge in [-0.3, -0.25) is 24.2 Å². The van der Waals surface area contributed by atoms with Gasteiger partial charge in [0.1, 0.15) is 5.78 Å². The van der Waals surface area contributed by atoms with Crippen LogP contribution in [0.2, 0.25) is 5.02 Å². The van der Waals surface area contributed by atoms with Crippen molar-refractivity contribution in [2.45, 2.75) is 58.2 Å². The van der Waals surface area contributed by atoms with Gasteiger partial charge in [0.05, 0.1) is 49.2 Å². The summed E-state index contributed by atoms with van der Waals surface area (Å²) < 4.78 is 13.8. The Balaban J connectivity index is 0.769. The van der Waals surface area contributed by atoms with Gasteiger partial charge < -0.3 is 30.3 Å². The fraction of sp³-hybridized carbons (Fsp3) is 0.326. The van der Waals surface area contributed by atoms with E-state index in [1.165, 1.54) is 4.68 Å². The van der Waals surface area contributed by atoms with E-state index in [-0.39, 0.29) is 62.0 Å². The molecule has 1 saturated heterocycles. The summed E-state index contributed by atoms with van der Waals surface area (Å²) in [5.41, 5.74) is 7.26. The summed E-state index contributed by atoms with van der Waals surface area (Å²) in [4.78, 5) is 61.1. The molecule has 3 amide bonds. The number of piperidine rings is 1. The standard InChI is InChI=1S/C43H44BrClN8O6/c1-26-30(23-47-38-7-6-31(44)19-34(26)38)18-32(54)16-28-17-36(45)42(49-20-28)53-24-29(22-50-53)21-48-40(55)10-12-58-14-15-59-13-11-46-37-5-3-4-33-35(37)25-52(43(33)57)39-8-9-41(56)51-27(39)2/h3-7,17,19-20,22-24,39,46H,2,8-16,18,21,25H2,1H3,(H,48,55)(H,51,56). The molecule has 2 aromatic carbocycles. The minimum absolute atomic E-state index is 0.0249. The van der Waals surface area contributed by atoms with Crippen molar-refractivity contribution in [1.82, 2.24) is 35.3 Å². The Morgan fingerprint density at radius 2 is 1.85 bits per heavy atom. The summed E-state index contributed by atoms with van der Waals surface area (Å²) in [7, 11) is 0. The monoisotopic (exact) mass is 882 g/mol. The van der Waals surface area contributed by atoms with Gasteiger partial charge in [-0.2, -0.15) is 5.10 Å². The second kappa shape index (κ2) is 19.1. The number of hydrogen-bond acceptors (Lipinski definition) is 10. The highest BCUT2D eigenvalue weighted by atomic mass is 79.9. The van der Waals surface area contributed by atoms with Crippen molar-refractivity contribution in [2.24, 2.45) is 0 Å². The van der Waals surface area contributed by atoms with Gasteiger partial charge in [-0.1, -0.05) is 40.2 Å². The molecule has 14 nitrogen and oxygen atoms in total. The lowest BCUT2D eigenvalue weighted by Gasteiger charge is -2.32. The summed E-state index contributed by atoms with van der Waals surface area (Å²) in [6.45, 7) is 8.60. The molecule has 306 valence electrons. The number of anilines is 1. The highest BCUT2D eigenvalue weighted by Gasteiger charge is 2.37. The summed E-state index contributed by atoms with van der Waals surface area (Å²) in [5, 5.41) is 14.7. The summed E-state index contributed by atoms with van der Waals surface area (Å²) in [5.74, 6) is 0.142. The average Bonchev–Trinajstić information content (AvgIpc) is 3.82. The van der Waals surface area contributed by atoms with Gasteiger partial charge in [0.15, 0.2) is 5.82 Å².